The van der Waals surface area contributed by atoms with Gasteiger partial charge < -0.3 is 37.6 Å². The summed E-state index contributed by atoms with van der Waals surface area (Å²) in [6.45, 7) is 6.33. The van der Waals surface area contributed by atoms with Crippen LogP contribution < -0.4 is 27.4 Å². The van der Waals surface area contributed by atoms with E-state index in [2.05, 4.69) is 16.0 Å². The molecule has 0 aliphatic carbocycles. The van der Waals surface area contributed by atoms with Gasteiger partial charge in [-0.1, -0.05) is 34.1 Å². The first kappa shape index (κ1) is 29.3. The van der Waals surface area contributed by atoms with Crippen molar-refractivity contribution in [2.45, 2.75) is 77.5 Å². The molecule has 0 heterocycles. The van der Waals surface area contributed by atoms with E-state index in [9.17, 15) is 34.2 Å². The summed E-state index contributed by atoms with van der Waals surface area (Å²) in [6, 6.07) is -4.80. The molecule has 12 nitrogen and oxygen atoms in total. The molecule has 0 aromatic heterocycles. The molecule has 9 N–H and O–H groups in total. The average Bonchev–Trinajstić information content (AvgIpc) is 2.70. The van der Waals surface area contributed by atoms with E-state index in [1.165, 1.54) is 0 Å². The second kappa shape index (κ2) is 14.4. The number of primary amides is 1. The van der Waals surface area contributed by atoms with E-state index in [0.29, 0.717) is 12.8 Å². The van der Waals surface area contributed by atoms with Crippen LogP contribution in [0, 0.1) is 11.8 Å². The summed E-state index contributed by atoms with van der Waals surface area (Å²) in [5.74, 6) is -4.57. The summed E-state index contributed by atoms with van der Waals surface area (Å²) >= 11 is 0. The molecule has 0 bridgehead atoms. The van der Waals surface area contributed by atoms with Crippen LogP contribution in [0.25, 0.3) is 0 Å². The van der Waals surface area contributed by atoms with Crippen molar-refractivity contribution in [2.24, 2.45) is 23.3 Å². The van der Waals surface area contributed by atoms with Gasteiger partial charge in [0.25, 0.3) is 0 Å². The summed E-state index contributed by atoms with van der Waals surface area (Å²) < 4.78 is 0. The maximum absolute atomic E-state index is 12.7. The zero-order chi connectivity index (χ0) is 25.0. The molecule has 0 aromatic carbocycles. The number of hydrogen-bond donors (Lipinski definition) is 7. The van der Waals surface area contributed by atoms with Crippen molar-refractivity contribution in [1.82, 2.24) is 16.0 Å². The quantitative estimate of drug-likeness (QED) is 0.148. The van der Waals surface area contributed by atoms with Gasteiger partial charge in [0.1, 0.15) is 18.1 Å². The fourth-order valence-corrected chi connectivity index (χ4v) is 2.85. The molecule has 0 spiro atoms. The molecule has 0 fully saturated rings. The number of aliphatic hydroxyl groups excluding tert-OH is 1. The summed E-state index contributed by atoms with van der Waals surface area (Å²) in [5.41, 5.74) is 11.0. The number of carboxylic acid groups (broad SMARTS) is 1. The van der Waals surface area contributed by atoms with Gasteiger partial charge in [-0.05, 0) is 24.7 Å². The van der Waals surface area contributed by atoms with Gasteiger partial charge in [-0.15, -0.1) is 0 Å². The third-order valence-corrected chi connectivity index (χ3v) is 4.97. The van der Waals surface area contributed by atoms with Crippen LogP contribution in [0.3, 0.4) is 0 Å². The van der Waals surface area contributed by atoms with Gasteiger partial charge in [0.05, 0.1) is 12.6 Å². The fraction of sp³-hybridized carbons (Fsp3) is 0.750. The minimum Gasteiger partial charge on any atom is -0.480 e. The second-order valence-corrected chi connectivity index (χ2v) is 8.26. The average molecular weight is 460 g/mol. The highest BCUT2D eigenvalue weighted by molar-refractivity contribution is 5.94. The Hall–Kier alpha value is -2.73. The zero-order valence-corrected chi connectivity index (χ0v) is 19.1. The lowest BCUT2D eigenvalue weighted by atomic mass is 9.99. The number of carbonyl (C=O) groups excluding carboxylic acids is 4. The van der Waals surface area contributed by atoms with E-state index in [1.54, 1.807) is 13.8 Å². The lowest BCUT2D eigenvalue weighted by Crippen LogP contribution is -2.58. The van der Waals surface area contributed by atoms with E-state index in [4.69, 9.17) is 11.5 Å². The Labute approximate surface area is 187 Å². The number of nitrogens with one attached hydrogen (secondary N) is 3. The molecule has 0 aliphatic heterocycles. The van der Waals surface area contributed by atoms with Crippen molar-refractivity contribution in [1.29, 1.82) is 0 Å². The number of rotatable bonds is 15. The van der Waals surface area contributed by atoms with Crippen LogP contribution in [0.15, 0.2) is 0 Å². The highest BCUT2D eigenvalue weighted by Gasteiger charge is 2.31. The van der Waals surface area contributed by atoms with E-state index >= 15 is 0 Å². The maximum Gasteiger partial charge on any atom is 0.326 e. The Morgan fingerprint density at radius 2 is 1.44 bits per heavy atom. The molecule has 4 amide bonds. The van der Waals surface area contributed by atoms with Crippen molar-refractivity contribution >= 4 is 29.6 Å². The smallest absolute Gasteiger partial charge is 0.326 e. The number of nitrogens with two attached hydrogens (primary N) is 2. The minimum absolute atomic E-state index is 0.129. The number of aliphatic carboxylic acids is 1. The van der Waals surface area contributed by atoms with E-state index < -0.39 is 66.3 Å². The molecular formula is C20H37N5O7. The predicted molar refractivity (Wildman–Crippen MR) is 116 cm³/mol. The largest absolute Gasteiger partial charge is 0.480 e. The first-order valence-electron chi connectivity index (χ1n) is 10.6. The first-order valence-corrected chi connectivity index (χ1v) is 10.6. The predicted octanol–water partition coefficient (Wildman–Crippen LogP) is -1.80. The van der Waals surface area contributed by atoms with E-state index in [0.717, 1.165) is 0 Å². The molecule has 32 heavy (non-hydrogen) atoms. The topological polar surface area (TPSA) is 214 Å². The first-order chi connectivity index (χ1) is 14.8. The number of amides is 4. The third-order valence-electron chi connectivity index (χ3n) is 4.97. The number of carboxylic acids is 1. The number of aliphatic hydroxyl groups is 1. The van der Waals surface area contributed by atoms with Gasteiger partial charge in [0.15, 0.2) is 0 Å². The lowest BCUT2D eigenvalue weighted by molar-refractivity contribution is -0.144. The molecule has 12 heteroatoms. The molecule has 0 saturated heterocycles. The van der Waals surface area contributed by atoms with Gasteiger partial charge in [0.2, 0.25) is 23.6 Å². The maximum atomic E-state index is 12.7. The van der Waals surface area contributed by atoms with Crippen molar-refractivity contribution in [2.75, 3.05) is 6.61 Å². The van der Waals surface area contributed by atoms with Crippen LogP contribution in [-0.4, -0.2) is 70.6 Å². The molecule has 184 valence electrons. The Morgan fingerprint density at radius 3 is 1.88 bits per heavy atom. The van der Waals surface area contributed by atoms with E-state index in [-0.39, 0.29) is 18.8 Å². The highest BCUT2D eigenvalue weighted by atomic mass is 16.4. The lowest BCUT2D eigenvalue weighted by Gasteiger charge is -2.25. The summed E-state index contributed by atoms with van der Waals surface area (Å²) in [4.78, 5) is 60.0. The number of carbonyl (C=O) groups is 5. The van der Waals surface area contributed by atoms with Crippen molar-refractivity contribution < 1.29 is 34.2 Å². The van der Waals surface area contributed by atoms with Crippen LogP contribution >= 0.6 is 0 Å². The Bertz CT molecular complexity index is 671. The minimum atomic E-state index is -1.47. The van der Waals surface area contributed by atoms with Crippen LogP contribution in [0.4, 0.5) is 0 Å². The zero-order valence-electron chi connectivity index (χ0n) is 19.1. The number of hydrogen-bond acceptors (Lipinski definition) is 7. The fourth-order valence-electron chi connectivity index (χ4n) is 2.85. The normalized spacial score (nSPS) is 15.7. The van der Waals surface area contributed by atoms with Crippen LogP contribution in [-0.2, 0) is 24.0 Å². The van der Waals surface area contributed by atoms with Crippen molar-refractivity contribution in [3.63, 3.8) is 0 Å². The Balaban J connectivity index is 5.34. The van der Waals surface area contributed by atoms with Crippen molar-refractivity contribution in [3.8, 4) is 0 Å². The molecule has 5 unspecified atom stereocenters. The van der Waals surface area contributed by atoms with Crippen LogP contribution in [0.2, 0.25) is 0 Å². The standard InChI is InChI=1S/C20H37N5O7/c1-5-11(4)16(20(31)32)25-19(30)14(9-26)24-18(29)13(6-7-15(22)27)23-17(28)12(21)8-10(2)3/h10-14,16,26H,5-9,21H2,1-4H3,(H2,22,27)(H,23,28)(H,24,29)(H,25,30)(H,31,32). The second-order valence-electron chi connectivity index (χ2n) is 8.26. The van der Waals surface area contributed by atoms with Gasteiger partial charge in [-0.2, -0.15) is 0 Å². The van der Waals surface area contributed by atoms with E-state index in [1.807, 2.05) is 13.8 Å². The third kappa shape index (κ3) is 10.5. The Kier molecular flexibility index (Phi) is 13.1. The highest BCUT2D eigenvalue weighted by Crippen LogP contribution is 2.09. The molecule has 0 aliphatic rings. The SMILES string of the molecule is CCC(C)C(NC(=O)C(CO)NC(=O)C(CCC(N)=O)NC(=O)C(N)CC(C)C)C(=O)O. The molecule has 0 saturated carbocycles. The van der Waals surface area contributed by atoms with Gasteiger partial charge in [0, 0.05) is 6.42 Å². The molecule has 0 aromatic rings. The Morgan fingerprint density at radius 1 is 0.906 bits per heavy atom. The monoisotopic (exact) mass is 459 g/mol. The molecule has 0 rings (SSSR count). The van der Waals surface area contributed by atoms with Gasteiger partial charge in [-0.3, -0.25) is 19.2 Å². The summed E-state index contributed by atoms with van der Waals surface area (Å²) in [6.07, 6.45) is 0.476. The molecule has 0 radical (unpaired) electrons. The molecular weight excluding hydrogens is 422 g/mol. The van der Waals surface area contributed by atoms with Gasteiger partial charge in [-0.25, -0.2) is 4.79 Å². The van der Waals surface area contributed by atoms with Crippen LogP contribution in [0.1, 0.15) is 53.4 Å². The summed E-state index contributed by atoms with van der Waals surface area (Å²) in [5, 5.41) is 25.9. The summed E-state index contributed by atoms with van der Waals surface area (Å²) in [7, 11) is 0. The molecule has 5 atom stereocenters. The van der Waals surface area contributed by atoms with Crippen LogP contribution in [0.5, 0.6) is 0 Å². The van der Waals surface area contributed by atoms with Gasteiger partial charge >= 0.3 is 5.97 Å². The van der Waals surface area contributed by atoms with Crippen molar-refractivity contribution in [3.05, 3.63) is 0 Å².